The van der Waals surface area contributed by atoms with Crippen LogP contribution < -0.4 is 9.47 Å². The number of fused-ring (bicyclic) bond motifs is 3. The lowest BCUT2D eigenvalue weighted by atomic mass is 9.98. The summed E-state index contributed by atoms with van der Waals surface area (Å²) in [4.78, 5) is 23.5. The second-order valence-electron chi connectivity index (χ2n) is 7.18. The summed E-state index contributed by atoms with van der Waals surface area (Å²) in [7, 11) is 0. The van der Waals surface area contributed by atoms with Crippen LogP contribution in [-0.2, 0) is 13.1 Å². The number of aryl methyl sites for hydroxylation is 1. The minimum Gasteiger partial charge on any atom is -0.478 e. The fourth-order valence-corrected chi connectivity index (χ4v) is 3.72. The summed E-state index contributed by atoms with van der Waals surface area (Å²) in [6, 6.07) is 11.5. The molecule has 1 aromatic carbocycles. The number of carbonyl (C=O) groups is 1. The summed E-state index contributed by atoms with van der Waals surface area (Å²) in [6.07, 6.45) is 6.95. The minimum absolute atomic E-state index is 0.114. The van der Waals surface area contributed by atoms with E-state index in [1.165, 1.54) is 0 Å². The average Bonchev–Trinajstić information content (AvgIpc) is 3.07. The number of hydrogen-bond donors (Lipinski definition) is 0. The van der Waals surface area contributed by atoms with Gasteiger partial charge < -0.3 is 9.47 Å². The van der Waals surface area contributed by atoms with Crippen molar-refractivity contribution in [1.29, 1.82) is 0 Å². The predicted octanol–water partition coefficient (Wildman–Crippen LogP) is 3.75. The van der Waals surface area contributed by atoms with Gasteiger partial charge in [-0.15, -0.1) is 0 Å². The van der Waals surface area contributed by atoms with Crippen LogP contribution in [0.4, 0.5) is 0 Å². The van der Waals surface area contributed by atoms with Gasteiger partial charge in [-0.3, -0.25) is 19.7 Å². The monoisotopic (exact) mass is 385 g/mol. The number of allylic oxidation sites excluding steroid dienone is 1. The number of hydrogen-bond acceptors (Lipinski definition) is 6. The maximum absolute atomic E-state index is 13.0. The SMILES string of the molecule is Cc1cc2c(c3c1C(=O)/C(=C/c1ccccn1)O3)CN(Cc1ccncc1)CO2. The molecule has 4 heterocycles. The average molecular weight is 385 g/mol. The molecule has 6 nitrogen and oxygen atoms in total. The quantitative estimate of drug-likeness (QED) is 0.640. The van der Waals surface area contributed by atoms with Gasteiger partial charge in [0.25, 0.3) is 0 Å². The number of aromatic nitrogens is 2. The third-order valence-electron chi connectivity index (χ3n) is 5.11. The fraction of sp³-hybridized carbons (Fsp3) is 0.174. The highest BCUT2D eigenvalue weighted by molar-refractivity contribution is 6.15. The molecule has 144 valence electrons. The number of ether oxygens (including phenoxy) is 2. The number of rotatable bonds is 3. The summed E-state index contributed by atoms with van der Waals surface area (Å²) in [5.74, 6) is 1.56. The van der Waals surface area contributed by atoms with E-state index in [2.05, 4.69) is 14.9 Å². The van der Waals surface area contributed by atoms with E-state index in [-0.39, 0.29) is 5.78 Å². The smallest absolute Gasteiger partial charge is 0.232 e. The Hall–Kier alpha value is -3.51. The number of nitrogens with zero attached hydrogens (tertiary/aromatic N) is 3. The van der Waals surface area contributed by atoms with Gasteiger partial charge in [-0.1, -0.05) is 6.07 Å². The van der Waals surface area contributed by atoms with E-state index in [1.54, 1.807) is 24.7 Å². The van der Waals surface area contributed by atoms with E-state index in [0.717, 1.165) is 29.0 Å². The molecule has 2 aliphatic rings. The molecular weight excluding hydrogens is 366 g/mol. The van der Waals surface area contributed by atoms with Crippen LogP contribution >= 0.6 is 0 Å². The Morgan fingerprint density at radius 2 is 2.03 bits per heavy atom. The summed E-state index contributed by atoms with van der Waals surface area (Å²) in [5, 5.41) is 0. The molecule has 0 saturated carbocycles. The lowest BCUT2D eigenvalue weighted by Gasteiger charge is -2.30. The number of Topliss-reactive ketones (excluding diaryl/α,β-unsaturated/α-hetero) is 1. The van der Waals surface area contributed by atoms with Crippen molar-refractivity contribution >= 4 is 11.9 Å². The normalized spacial score (nSPS) is 16.9. The Kier molecular flexibility index (Phi) is 4.33. The Bertz CT molecular complexity index is 1110. The minimum atomic E-state index is -0.114. The van der Waals surface area contributed by atoms with Crippen LogP contribution in [-0.4, -0.2) is 27.4 Å². The zero-order valence-corrected chi connectivity index (χ0v) is 16.0. The Balaban J connectivity index is 1.48. The van der Waals surface area contributed by atoms with Crippen LogP contribution in [0.25, 0.3) is 6.08 Å². The van der Waals surface area contributed by atoms with Crippen molar-refractivity contribution in [2.75, 3.05) is 6.73 Å². The van der Waals surface area contributed by atoms with Crippen LogP contribution in [0.3, 0.4) is 0 Å². The topological polar surface area (TPSA) is 64.5 Å². The Morgan fingerprint density at radius 1 is 1.17 bits per heavy atom. The maximum atomic E-state index is 13.0. The van der Waals surface area contributed by atoms with Gasteiger partial charge in [0.1, 0.15) is 18.2 Å². The highest BCUT2D eigenvalue weighted by Crippen LogP contribution is 2.44. The summed E-state index contributed by atoms with van der Waals surface area (Å²) < 4.78 is 12.0. The van der Waals surface area contributed by atoms with Gasteiger partial charge in [0.2, 0.25) is 5.78 Å². The molecule has 0 radical (unpaired) electrons. The lowest BCUT2D eigenvalue weighted by Crippen LogP contribution is -2.31. The predicted molar refractivity (Wildman–Crippen MR) is 107 cm³/mol. The molecule has 2 aromatic heterocycles. The zero-order chi connectivity index (χ0) is 19.8. The fourth-order valence-electron chi connectivity index (χ4n) is 3.72. The largest absolute Gasteiger partial charge is 0.478 e. The molecule has 5 rings (SSSR count). The zero-order valence-electron chi connectivity index (χ0n) is 16.0. The van der Waals surface area contributed by atoms with Gasteiger partial charge in [-0.05, 0) is 48.4 Å². The third-order valence-corrected chi connectivity index (χ3v) is 5.11. The van der Waals surface area contributed by atoms with Gasteiger partial charge >= 0.3 is 0 Å². The summed E-state index contributed by atoms with van der Waals surface area (Å²) in [5.41, 5.74) is 4.22. The van der Waals surface area contributed by atoms with Crippen molar-refractivity contribution in [3.63, 3.8) is 0 Å². The van der Waals surface area contributed by atoms with E-state index >= 15 is 0 Å². The molecule has 0 amide bonds. The van der Waals surface area contributed by atoms with E-state index in [0.29, 0.717) is 36.0 Å². The first-order valence-electron chi connectivity index (χ1n) is 9.45. The third kappa shape index (κ3) is 3.28. The summed E-state index contributed by atoms with van der Waals surface area (Å²) >= 11 is 0. The van der Waals surface area contributed by atoms with E-state index in [4.69, 9.17) is 9.47 Å². The van der Waals surface area contributed by atoms with E-state index in [9.17, 15) is 4.79 Å². The van der Waals surface area contributed by atoms with Crippen molar-refractivity contribution in [1.82, 2.24) is 14.9 Å². The van der Waals surface area contributed by atoms with Crippen molar-refractivity contribution in [3.05, 3.63) is 88.7 Å². The van der Waals surface area contributed by atoms with Crippen LogP contribution in [0.5, 0.6) is 11.5 Å². The molecule has 0 saturated heterocycles. The number of pyridine rings is 2. The number of ketones is 1. The van der Waals surface area contributed by atoms with Crippen LogP contribution in [0.1, 0.15) is 32.7 Å². The molecular formula is C23H19N3O3. The molecule has 0 atom stereocenters. The molecule has 6 heteroatoms. The van der Waals surface area contributed by atoms with Crippen molar-refractivity contribution in [2.45, 2.75) is 20.0 Å². The molecule has 0 aliphatic carbocycles. The van der Waals surface area contributed by atoms with Gasteiger partial charge in [-0.25, -0.2) is 0 Å². The highest BCUT2D eigenvalue weighted by Gasteiger charge is 2.35. The van der Waals surface area contributed by atoms with Crippen LogP contribution in [0.15, 0.2) is 60.7 Å². The second kappa shape index (κ2) is 7.14. The maximum Gasteiger partial charge on any atom is 0.232 e. The molecule has 2 aliphatic heterocycles. The van der Waals surface area contributed by atoms with Crippen molar-refractivity contribution < 1.29 is 14.3 Å². The van der Waals surface area contributed by atoms with Crippen molar-refractivity contribution in [2.24, 2.45) is 0 Å². The molecule has 0 N–H and O–H groups in total. The van der Waals surface area contributed by atoms with Gasteiger partial charge in [0.05, 0.1) is 16.8 Å². The number of carbonyl (C=O) groups excluding carboxylic acids is 1. The molecule has 0 fully saturated rings. The molecule has 29 heavy (non-hydrogen) atoms. The first kappa shape index (κ1) is 17.6. The lowest BCUT2D eigenvalue weighted by molar-refractivity contribution is 0.0872. The standard InChI is InChI=1S/C23H19N3O3/c1-15-10-19-18(13-26(14-28-19)12-16-5-8-24-9-6-16)23-21(15)22(27)20(29-23)11-17-4-2-3-7-25-17/h2-11H,12-14H2,1H3/b20-11-. The van der Waals surface area contributed by atoms with Crippen LogP contribution in [0.2, 0.25) is 0 Å². The Morgan fingerprint density at radius 3 is 2.83 bits per heavy atom. The first-order valence-corrected chi connectivity index (χ1v) is 9.45. The second-order valence-corrected chi connectivity index (χ2v) is 7.18. The number of benzene rings is 1. The van der Waals surface area contributed by atoms with Crippen LogP contribution in [0, 0.1) is 6.92 Å². The molecule has 3 aromatic rings. The van der Waals surface area contributed by atoms with Gasteiger partial charge in [0, 0.05) is 37.8 Å². The Labute approximate surface area is 168 Å². The van der Waals surface area contributed by atoms with Gasteiger partial charge in [0.15, 0.2) is 5.76 Å². The highest BCUT2D eigenvalue weighted by atomic mass is 16.5. The van der Waals surface area contributed by atoms with E-state index in [1.807, 2.05) is 43.3 Å². The molecule has 0 bridgehead atoms. The van der Waals surface area contributed by atoms with Gasteiger partial charge in [-0.2, -0.15) is 0 Å². The molecule has 0 unspecified atom stereocenters. The summed E-state index contributed by atoms with van der Waals surface area (Å²) in [6.45, 7) is 3.77. The first-order chi connectivity index (χ1) is 14.2. The molecule has 0 spiro atoms. The van der Waals surface area contributed by atoms with E-state index < -0.39 is 0 Å². The van der Waals surface area contributed by atoms with Crippen molar-refractivity contribution in [3.8, 4) is 11.5 Å².